The molecule has 0 amide bonds. The number of rotatable bonds is 4. The topological polar surface area (TPSA) is 12.0 Å². The average molecular weight is 350 g/mol. The zero-order valence-corrected chi connectivity index (χ0v) is 14.2. The van der Waals surface area contributed by atoms with Gasteiger partial charge in [-0.2, -0.15) is 0 Å². The second kappa shape index (κ2) is 6.42. The lowest BCUT2D eigenvalue weighted by molar-refractivity contribution is 0.462. The zero-order chi connectivity index (χ0) is 13.9. The van der Waals surface area contributed by atoms with Crippen LogP contribution in [-0.2, 0) is 19.4 Å². The minimum atomic E-state index is 0.520. The summed E-state index contributed by atoms with van der Waals surface area (Å²) in [7, 11) is 0. The lowest BCUT2D eigenvalue weighted by atomic mass is 9.93. The van der Waals surface area contributed by atoms with Gasteiger partial charge in [-0.05, 0) is 64.4 Å². The largest absolute Gasteiger partial charge is 0.306 e. The lowest BCUT2D eigenvalue weighted by Gasteiger charge is -2.24. The predicted octanol–water partition coefficient (Wildman–Crippen LogP) is 5.24. The summed E-state index contributed by atoms with van der Waals surface area (Å²) >= 11 is 5.53. The van der Waals surface area contributed by atoms with Crippen molar-refractivity contribution in [3.63, 3.8) is 0 Å². The van der Waals surface area contributed by atoms with Gasteiger partial charge < -0.3 is 5.32 Å². The van der Waals surface area contributed by atoms with Crippen LogP contribution in [0.15, 0.2) is 34.1 Å². The van der Waals surface area contributed by atoms with Gasteiger partial charge in [-0.1, -0.05) is 31.2 Å². The van der Waals surface area contributed by atoms with E-state index in [1.807, 2.05) is 11.3 Å². The van der Waals surface area contributed by atoms with Crippen LogP contribution in [0.1, 0.15) is 47.4 Å². The first-order chi connectivity index (χ1) is 9.78. The molecule has 1 heterocycles. The first-order valence-corrected chi connectivity index (χ1v) is 8.97. The van der Waals surface area contributed by atoms with Gasteiger partial charge in [-0.25, -0.2) is 0 Å². The van der Waals surface area contributed by atoms with Gasteiger partial charge in [-0.15, -0.1) is 11.3 Å². The van der Waals surface area contributed by atoms with E-state index in [1.165, 1.54) is 39.7 Å². The average Bonchev–Trinajstić information content (AvgIpc) is 2.86. The second-order valence-electron chi connectivity index (χ2n) is 5.38. The maximum absolute atomic E-state index is 3.77. The number of fused-ring (bicyclic) bond motifs is 1. The summed E-state index contributed by atoms with van der Waals surface area (Å²) in [6.07, 6.45) is 4.91. The van der Waals surface area contributed by atoms with Crippen molar-refractivity contribution in [2.45, 2.75) is 45.2 Å². The molecule has 20 heavy (non-hydrogen) atoms. The Morgan fingerprint density at radius 1 is 1.30 bits per heavy atom. The van der Waals surface area contributed by atoms with Gasteiger partial charge in [0.05, 0.1) is 3.79 Å². The third-order valence-corrected chi connectivity index (χ3v) is 5.84. The standard InChI is InChI=1S/C17H20BrNS/c1-2-12-6-3-4-7-13(12)11-19-15-8-5-9-16-14(15)10-17(18)20-16/h3-4,6-7,10,15,19H,2,5,8-9,11H2,1H3. The summed E-state index contributed by atoms with van der Waals surface area (Å²) in [5.41, 5.74) is 4.42. The lowest BCUT2D eigenvalue weighted by Crippen LogP contribution is -2.24. The van der Waals surface area contributed by atoms with Crippen molar-refractivity contribution in [3.8, 4) is 0 Å². The summed E-state index contributed by atoms with van der Waals surface area (Å²) < 4.78 is 1.27. The second-order valence-corrected chi connectivity index (χ2v) is 7.89. The van der Waals surface area contributed by atoms with Gasteiger partial charge in [-0.3, -0.25) is 0 Å². The third kappa shape index (κ3) is 3.00. The fraction of sp³-hybridized carbons (Fsp3) is 0.412. The molecule has 3 rings (SSSR count). The summed E-state index contributed by atoms with van der Waals surface area (Å²) in [6, 6.07) is 11.6. The Morgan fingerprint density at radius 2 is 2.10 bits per heavy atom. The molecule has 1 nitrogen and oxygen atoms in total. The quantitative estimate of drug-likeness (QED) is 0.795. The first kappa shape index (κ1) is 14.3. The third-order valence-electron chi connectivity index (χ3n) is 4.12. The molecule has 1 unspecified atom stereocenters. The molecule has 1 aromatic carbocycles. The molecule has 1 aliphatic carbocycles. The molecule has 0 bridgehead atoms. The number of hydrogen-bond acceptors (Lipinski definition) is 2. The summed E-state index contributed by atoms with van der Waals surface area (Å²) in [4.78, 5) is 1.56. The van der Waals surface area contributed by atoms with Gasteiger partial charge in [0.2, 0.25) is 0 Å². The van der Waals surface area contributed by atoms with Crippen LogP contribution in [0.5, 0.6) is 0 Å². The Hall–Kier alpha value is -0.640. The molecule has 0 saturated heterocycles. The Balaban J connectivity index is 1.73. The summed E-state index contributed by atoms with van der Waals surface area (Å²) in [5.74, 6) is 0. The molecule has 0 fully saturated rings. The van der Waals surface area contributed by atoms with E-state index in [1.54, 1.807) is 4.88 Å². The van der Waals surface area contributed by atoms with Gasteiger partial charge in [0.25, 0.3) is 0 Å². The van der Waals surface area contributed by atoms with E-state index in [9.17, 15) is 0 Å². The van der Waals surface area contributed by atoms with E-state index in [2.05, 4.69) is 58.5 Å². The molecule has 1 aromatic heterocycles. The Bertz CT molecular complexity index is 590. The molecule has 106 valence electrons. The molecule has 0 radical (unpaired) electrons. The number of thiophene rings is 1. The summed E-state index contributed by atoms with van der Waals surface area (Å²) in [5, 5.41) is 3.77. The number of hydrogen-bond donors (Lipinski definition) is 1. The molecular formula is C17H20BrNS. The van der Waals surface area contributed by atoms with Gasteiger partial charge in [0, 0.05) is 17.5 Å². The van der Waals surface area contributed by atoms with Gasteiger partial charge >= 0.3 is 0 Å². The van der Waals surface area contributed by atoms with Crippen molar-refractivity contribution < 1.29 is 0 Å². The Morgan fingerprint density at radius 3 is 2.90 bits per heavy atom. The van der Waals surface area contributed by atoms with Crippen LogP contribution in [0.4, 0.5) is 0 Å². The maximum Gasteiger partial charge on any atom is 0.0704 e. The first-order valence-electron chi connectivity index (χ1n) is 7.36. The number of halogens is 1. The van der Waals surface area contributed by atoms with Crippen molar-refractivity contribution in [2.24, 2.45) is 0 Å². The molecule has 1 N–H and O–H groups in total. The Labute approximate surface area is 133 Å². The molecule has 1 aliphatic rings. The van der Waals surface area contributed by atoms with E-state index < -0.39 is 0 Å². The molecular weight excluding hydrogens is 330 g/mol. The molecule has 0 spiro atoms. The molecule has 2 aromatic rings. The molecule has 0 saturated carbocycles. The van der Waals surface area contributed by atoms with E-state index >= 15 is 0 Å². The number of aryl methyl sites for hydroxylation is 2. The van der Waals surface area contributed by atoms with Crippen LogP contribution in [0, 0.1) is 0 Å². The van der Waals surface area contributed by atoms with E-state index in [0.717, 1.165) is 13.0 Å². The van der Waals surface area contributed by atoms with Crippen LogP contribution in [-0.4, -0.2) is 0 Å². The van der Waals surface area contributed by atoms with Crippen molar-refractivity contribution in [3.05, 3.63) is 55.7 Å². The predicted molar refractivity (Wildman–Crippen MR) is 90.4 cm³/mol. The van der Waals surface area contributed by atoms with Crippen molar-refractivity contribution in [2.75, 3.05) is 0 Å². The van der Waals surface area contributed by atoms with Crippen LogP contribution < -0.4 is 5.32 Å². The van der Waals surface area contributed by atoms with Crippen molar-refractivity contribution >= 4 is 27.3 Å². The van der Waals surface area contributed by atoms with Gasteiger partial charge in [0.15, 0.2) is 0 Å². The smallest absolute Gasteiger partial charge is 0.0704 e. The minimum Gasteiger partial charge on any atom is -0.306 e. The van der Waals surface area contributed by atoms with Crippen LogP contribution in [0.3, 0.4) is 0 Å². The number of nitrogens with one attached hydrogen (secondary N) is 1. The van der Waals surface area contributed by atoms with Gasteiger partial charge in [0.1, 0.15) is 0 Å². The molecule has 1 atom stereocenters. The minimum absolute atomic E-state index is 0.520. The normalized spacial score (nSPS) is 18.0. The highest BCUT2D eigenvalue weighted by Crippen LogP contribution is 2.38. The molecule has 0 aliphatic heterocycles. The SMILES string of the molecule is CCc1ccccc1CNC1CCCc2sc(Br)cc21. The maximum atomic E-state index is 3.77. The van der Waals surface area contributed by atoms with E-state index in [0.29, 0.717) is 6.04 Å². The Kier molecular flexibility index (Phi) is 4.59. The molecule has 3 heteroatoms. The fourth-order valence-electron chi connectivity index (χ4n) is 3.04. The van der Waals surface area contributed by atoms with Crippen LogP contribution in [0.2, 0.25) is 0 Å². The highest BCUT2D eigenvalue weighted by atomic mass is 79.9. The van der Waals surface area contributed by atoms with Crippen LogP contribution in [0.25, 0.3) is 0 Å². The summed E-state index contributed by atoms with van der Waals surface area (Å²) in [6.45, 7) is 3.20. The monoisotopic (exact) mass is 349 g/mol. The highest BCUT2D eigenvalue weighted by Gasteiger charge is 2.22. The van der Waals surface area contributed by atoms with Crippen molar-refractivity contribution in [1.82, 2.24) is 5.32 Å². The van der Waals surface area contributed by atoms with Crippen molar-refractivity contribution in [1.29, 1.82) is 0 Å². The zero-order valence-electron chi connectivity index (χ0n) is 11.8. The fourth-order valence-corrected chi connectivity index (χ4v) is 4.86. The van der Waals surface area contributed by atoms with E-state index in [4.69, 9.17) is 0 Å². The number of benzene rings is 1. The van der Waals surface area contributed by atoms with E-state index in [-0.39, 0.29) is 0 Å². The highest BCUT2D eigenvalue weighted by molar-refractivity contribution is 9.11. The van der Waals surface area contributed by atoms with Crippen LogP contribution >= 0.6 is 27.3 Å².